The van der Waals surface area contributed by atoms with Crippen LogP contribution >= 0.6 is 24.0 Å². The maximum atomic E-state index is 12.7. The molecule has 0 aliphatic carbocycles. The first kappa shape index (κ1) is 18.6. The number of fused-ring (bicyclic) bond motifs is 1. The fraction of sp³-hybridized carbons (Fsp3) is 0.278. The van der Waals surface area contributed by atoms with Crippen molar-refractivity contribution < 1.29 is 28.5 Å². The van der Waals surface area contributed by atoms with Gasteiger partial charge in [0, 0.05) is 13.1 Å². The maximum Gasteiger partial charge on any atom is 0.289 e. The highest BCUT2D eigenvalue weighted by Crippen LogP contribution is 2.36. The number of benzene rings is 1. The number of nitrogens with zero attached hydrogens (tertiary/aromatic N) is 1. The molecule has 0 unspecified atom stereocenters. The molecule has 8 nitrogen and oxygen atoms in total. The third-order valence-electron chi connectivity index (χ3n) is 4.06. The molecule has 0 aromatic heterocycles. The third kappa shape index (κ3) is 3.92. The SMILES string of the molecule is O=C(NCCN1C(=O)/C(=C\c2ccc3c(c2)OCO3)SC1=S)C1=COCCO1. The minimum atomic E-state index is -0.388. The number of amides is 2. The van der Waals surface area contributed by atoms with Crippen LogP contribution in [0.15, 0.2) is 35.1 Å². The zero-order valence-corrected chi connectivity index (χ0v) is 16.3. The number of hydrogen-bond donors (Lipinski definition) is 1. The molecule has 1 saturated heterocycles. The molecule has 146 valence electrons. The molecular formula is C18H16N2O6S2. The van der Waals surface area contributed by atoms with E-state index in [0.29, 0.717) is 33.9 Å². The average molecular weight is 420 g/mol. The molecule has 0 saturated carbocycles. The van der Waals surface area contributed by atoms with E-state index in [0.717, 1.165) is 5.56 Å². The van der Waals surface area contributed by atoms with Gasteiger partial charge in [0.15, 0.2) is 11.5 Å². The first-order valence-corrected chi connectivity index (χ1v) is 9.72. The average Bonchev–Trinajstić information content (AvgIpc) is 3.28. The molecule has 3 heterocycles. The van der Waals surface area contributed by atoms with Gasteiger partial charge in [0.25, 0.3) is 11.8 Å². The second-order valence-electron chi connectivity index (χ2n) is 5.90. The minimum Gasteiger partial charge on any atom is -0.494 e. The summed E-state index contributed by atoms with van der Waals surface area (Å²) in [6.07, 6.45) is 3.05. The van der Waals surface area contributed by atoms with Gasteiger partial charge in [-0.2, -0.15) is 0 Å². The quantitative estimate of drug-likeness (QED) is 0.568. The van der Waals surface area contributed by atoms with Crippen LogP contribution < -0.4 is 14.8 Å². The fourth-order valence-electron chi connectivity index (χ4n) is 2.70. The van der Waals surface area contributed by atoms with Crippen molar-refractivity contribution in [3.05, 3.63) is 40.7 Å². The van der Waals surface area contributed by atoms with E-state index in [4.69, 9.17) is 31.2 Å². The Morgan fingerprint density at radius 2 is 2.11 bits per heavy atom. The number of carbonyl (C=O) groups excluding carboxylic acids is 2. The summed E-state index contributed by atoms with van der Waals surface area (Å²) in [5.74, 6) is 0.872. The van der Waals surface area contributed by atoms with Crippen molar-refractivity contribution >= 4 is 46.2 Å². The Kier molecular flexibility index (Phi) is 5.40. The molecule has 1 aromatic rings. The van der Waals surface area contributed by atoms with E-state index in [1.807, 2.05) is 12.1 Å². The lowest BCUT2D eigenvalue weighted by atomic mass is 10.2. The Labute approximate surface area is 170 Å². The molecule has 1 aromatic carbocycles. The van der Waals surface area contributed by atoms with Crippen LogP contribution in [0.1, 0.15) is 5.56 Å². The van der Waals surface area contributed by atoms with Crippen molar-refractivity contribution in [1.82, 2.24) is 10.2 Å². The number of nitrogens with one attached hydrogen (secondary N) is 1. The Balaban J connectivity index is 1.36. The van der Waals surface area contributed by atoms with Crippen molar-refractivity contribution in [2.45, 2.75) is 0 Å². The standard InChI is InChI=1S/C18H16N2O6S2/c21-16(14-9-23-5-6-24-14)19-3-4-20-17(22)15(28-18(20)27)8-11-1-2-12-13(7-11)26-10-25-12/h1-2,7-9H,3-6,10H2,(H,19,21)/b15-8+. The van der Waals surface area contributed by atoms with E-state index >= 15 is 0 Å². The van der Waals surface area contributed by atoms with E-state index in [1.165, 1.54) is 22.9 Å². The minimum absolute atomic E-state index is 0.124. The van der Waals surface area contributed by atoms with Crippen molar-refractivity contribution in [1.29, 1.82) is 0 Å². The van der Waals surface area contributed by atoms with Crippen LogP contribution in [0.3, 0.4) is 0 Å². The maximum absolute atomic E-state index is 12.7. The third-order valence-corrected chi connectivity index (χ3v) is 5.44. The van der Waals surface area contributed by atoms with Crippen LogP contribution in [0.5, 0.6) is 11.5 Å². The molecule has 3 aliphatic rings. The topological polar surface area (TPSA) is 86.3 Å². The normalized spacial score (nSPS) is 19.4. The summed E-state index contributed by atoms with van der Waals surface area (Å²) in [6, 6.07) is 5.46. The van der Waals surface area contributed by atoms with Crippen molar-refractivity contribution in [2.75, 3.05) is 33.1 Å². The van der Waals surface area contributed by atoms with Gasteiger partial charge in [0.2, 0.25) is 12.6 Å². The van der Waals surface area contributed by atoms with Gasteiger partial charge >= 0.3 is 0 Å². The number of rotatable bonds is 5. The number of thioether (sulfide) groups is 1. The molecule has 1 fully saturated rings. The van der Waals surface area contributed by atoms with E-state index in [2.05, 4.69) is 5.32 Å². The van der Waals surface area contributed by atoms with Crippen LogP contribution in [0, 0.1) is 0 Å². The van der Waals surface area contributed by atoms with Crippen LogP contribution in [0.2, 0.25) is 0 Å². The molecular weight excluding hydrogens is 404 g/mol. The van der Waals surface area contributed by atoms with Gasteiger partial charge in [-0.3, -0.25) is 14.5 Å². The summed E-state index contributed by atoms with van der Waals surface area (Å²) in [5.41, 5.74) is 0.819. The van der Waals surface area contributed by atoms with Gasteiger partial charge in [0.1, 0.15) is 23.8 Å². The Hall–Kier alpha value is -2.72. The molecule has 0 atom stereocenters. The van der Waals surface area contributed by atoms with Crippen molar-refractivity contribution in [3.8, 4) is 11.5 Å². The lowest BCUT2D eigenvalue weighted by Crippen LogP contribution is -2.38. The molecule has 3 aliphatic heterocycles. The van der Waals surface area contributed by atoms with Gasteiger partial charge in [-0.05, 0) is 23.8 Å². The van der Waals surface area contributed by atoms with Crippen molar-refractivity contribution in [3.63, 3.8) is 0 Å². The zero-order valence-electron chi connectivity index (χ0n) is 14.6. The lowest BCUT2D eigenvalue weighted by molar-refractivity contribution is -0.124. The highest BCUT2D eigenvalue weighted by molar-refractivity contribution is 8.26. The summed E-state index contributed by atoms with van der Waals surface area (Å²) >= 11 is 6.53. The predicted octanol–water partition coefficient (Wildman–Crippen LogP) is 1.62. The lowest BCUT2D eigenvalue weighted by Gasteiger charge is -2.17. The summed E-state index contributed by atoms with van der Waals surface area (Å²) < 4.78 is 21.3. The van der Waals surface area contributed by atoms with Gasteiger partial charge in [-0.25, -0.2) is 0 Å². The predicted molar refractivity (Wildman–Crippen MR) is 105 cm³/mol. The van der Waals surface area contributed by atoms with Crippen LogP contribution in [-0.4, -0.2) is 54.1 Å². The molecule has 1 N–H and O–H groups in total. The van der Waals surface area contributed by atoms with E-state index < -0.39 is 0 Å². The number of ether oxygens (including phenoxy) is 4. The fourth-order valence-corrected chi connectivity index (χ4v) is 4.01. The Morgan fingerprint density at radius 1 is 1.25 bits per heavy atom. The largest absolute Gasteiger partial charge is 0.494 e. The molecule has 2 amide bonds. The smallest absolute Gasteiger partial charge is 0.289 e. The Morgan fingerprint density at radius 3 is 2.93 bits per heavy atom. The van der Waals surface area contributed by atoms with Gasteiger partial charge in [-0.15, -0.1) is 0 Å². The number of thiocarbonyl (C=S) groups is 1. The van der Waals surface area contributed by atoms with E-state index in [9.17, 15) is 9.59 Å². The van der Waals surface area contributed by atoms with E-state index in [1.54, 1.807) is 12.1 Å². The molecule has 10 heteroatoms. The monoisotopic (exact) mass is 420 g/mol. The first-order chi connectivity index (χ1) is 13.6. The molecule has 0 spiro atoms. The molecule has 0 bridgehead atoms. The number of hydrogen-bond acceptors (Lipinski definition) is 8. The van der Waals surface area contributed by atoms with Crippen LogP contribution in [0.25, 0.3) is 6.08 Å². The molecule has 4 rings (SSSR count). The second-order valence-corrected chi connectivity index (χ2v) is 7.58. The van der Waals surface area contributed by atoms with Gasteiger partial charge in [0.05, 0.1) is 4.91 Å². The zero-order chi connectivity index (χ0) is 19.5. The Bertz CT molecular complexity index is 898. The number of carbonyl (C=O) groups is 2. The summed E-state index contributed by atoms with van der Waals surface area (Å²) in [4.78, 5) is 26.6. The summed E-state index contributed by atoms with van der Waals surface area (Å²) in [5, 5.41) is 2.69. The second kappa shape index (κ2) is 8.11. The highest BCUT2D eigenvalue weighted by Gasteiger charge is 2.32. The summed E-state index contributed by atoms with van der Waals surface area (Å²) in [7, 11) is 0. The van der Waals surface area contributed by atoms with Crippen molar-refractivity contribution in [2.24, 2.45) is 0 Å². The first-order valence-electron chi connectivity index (χ1n) is 8.49. The van der Waals surface area contributed by atoms with Crippen LogP contribution in [0.4, 0.5) is 0 Å². The molecule has 28 heavy (non-hydrogen) atoms. The molecule has 0 radical (unpaired) electrons. The van der Waals surface area contributed by atoms with Gasteiger partial charge in [-0.1, -0.05) is 30.0 Å². The van der Waals surface area contributed by atoms with Gasteiger partial charge < -0.3 is 24.3 Å². The summed E-state index contributed by atoms with van der Waals surface area (Å²) in [6.45, 7) is 1.45. The van der Waals surface area contributed by atoms with E-state index in [-0.39, 0.29) is 37.5 Å². The van der Waals surface area contributed by atoms with Crippen LogP contribution in [-0.2, 0) is 19.1 Å². The highest BCUT2D eigenvalue weighted by atomic mass is 32.2.